The first-order valence-electron chi connectivity index (χ1n) is 9.90. The molecule has 0 aliphatic carbocycles. The lowest BCUT2D eigenvalue weighted by Crippen LogP contribution is -2.44. The fourth-order valence-electron chi connectivity index (χ4n) is 3.63. The van der Waals surface area contributed by atoms with Crippen LogP contribution in [0.5, 0.6) is 5.75 Å². The van der Waals surface area contributed by atoms with Gasteiger partial charge in [0.15, 0.2) is 0 Å². The van der Waals surface area contributed by atoms with Crippen LogP contribution in [-0.2, 0) is 9.53 Å². The van der Waals surface area contributed by atoms with Crippen LogP contribution in [-0.4, -0.2) is 43.1 Å². The van der Waals surface area contributed by atoms with Crippen molar-refractivity contribution in [3.8, 4) is 16.9 Å². The maximum atomic E-state index is 13.1. The van der Waals surface area contributed by atoms with Gasteiger partial charge in [0.05, 0.1) is 25.7 Å². The molecular formula is C24H31NO4. The van der Waals surface area contributed by atoms with Crippen molar-refractivity contribution in [2.24, 2.45) is 0 Å². The molecule has 0 N–H and O–H groups in total. The second-order valence-corrected chi connectivity index (χ2v) is 7.69. The Morgan fingerprint density at radius 2 is 1.55 bits per heavy atom. The van der Waals surface area contributed by atoms with Crippen molar-refractivity contribution >= 4 is 11.9 Å². The summed E-state index contributed by atoms with van der Waals surface area (Å²) in [5.74, 6) is 0.0647. The maximum Gasteiger partial charge on any atom is 0.337 e. The smallest absolute Gasteiger partial charge is 0.337 e. The summed E-state index contributed by atoms with van der Waals surface area (Å²) < 4.78 is 10.3. The van der Waals surface area contributed by atoms with Crippen LogP contribution in [0, 0.1) is 0 Å². The molecule has 2 aromatic carbocycles. The monoisotopic (exact) mass is 397 g/mol. The first kappa shape index (κ1) is 22.5. The van der Waals surface area contributed by atoms with Crippen molar-refractivity contribution in [3.05, 3.63) is 53.6 Å². The predicted octanol–water partition coefficient (Wildman–Crippen LogP) is 4.90. The topological polar surface area (TPSA) is 55.8 Å². The molecule has 0 saturated carbocycles. The van der Waals surface area contributed by atoms with Crippen LogP contribution >= 0.6 is 0 Å². The van der Waals surface area contributed by atoms with E-state index in [1.165, 1.54) is 7.11 Å². The summed E-state index contributed by atoms with van der Waals surface area (Å²) in [4.78, 5) is 27.0. The van der Waals surface area contributed by atoms with Gasteiger partial charge in [0.1, 0.15) is 5.75 Å². The van der Waals surface area contributed by atoms with E-state index in [-0.39, 0.29) is 23.9 Å². The summed E-state index contributed by atoms with van der Waals surface area (Å²) in [6.45, 7) is 10.1. The summed E-state index contributed by atoms with van der Waals surface area (Å²) in [5.41, 5.74) is 3.03. The summed E-state index contributed by atoms with van der Waals surface area (Å²) in [6.07, 6.45) is 0. The minimum atomic E-state index is -0.405. The van der Waals surface area contributed by atoms with Crippen molar-refractivity contribution in [2.45, 2.75) is 52.6 Å². The maximum absolute atomic E-state index is 13.1. The number of amides is 1. The zero-order valence-corrected chi connectivity index (χ0v) is 18.4. The average molecular weight is 398 g/mol. The first-order chi connectivity index (χ1) is 13.7. The molecule has 5 nitrogen and oxygen atoms in total. The van der Waals surface area contributed by atoms with E-state index in [0.29, 0.717) is 11.3 Å². The minimum Gasteiger partial charge on any atom is -0.496 e. The van der Waals surface area contributed by atoms with Gasteiger partial charge in [-0.2, -0.15) is 0 Å². The molecule has 0 fully saturated rings. The van der Waals surface area contributed by atoms with E-state index < -0.39 is 5.97 Å². The standard InChI is InChI=1S/C24H31NO4/c1-15(2)25(16(3)4)23(26)17(5)18-9-8-10-19(13-18)21-14-20(24(27)29-7)11-12-22(21)28-6/h8-17H,1-7H3. The Bertz CT molecular complexity index is 865. The number of methoxy groups -OCH3 is 2. The highest BCUT2D eigenvalue weighted by atomic mass is 16.5. The number of carbonyl (C=O) groups is 2. The molecule has 0 radical (unpaired) electrons. The number of rotatable bonds is 7. The number of carbonyl (C=O) groups excluding carboxylic acids is 2. The molecule has 5 heteroatoms. The van der Waals surface area contributed by atoms with E-state index in [1.807, 2.05) is 63.8 Å². The van der Waals surface area contributed by atoms with Crippen molar-refractivity contribution in [2.75, 3.05) is 14.2 Å². The van der Waals surface area contributed by atoms with Crippen molar-refractivity contribution < 1.29 is 19.1 Å². The van der Waals surface area contributed by atoms with Crippen molar-refractivity contribution in [1.29, 1.82) is 0 Å². The molecule has 2 aromatic rings. The van der Waals surface area contributed by atoms with Gasteiger partial charge in [-0.1, -0.05) is 24.3 Å². The Labute approximate surface area is 173 Å². The summed E-state index contributed by atoms with van der Waals surface area (Å²) >= 11 is 0. The van der Waals surface area contributed by atoms with E-state index >= 15 is 0 Å². The SMILES string of the molecule is COC(=O)c1ccc(OC)c(-c2cccc(C(C)C(=O)N(C(C)C)C(C)C)c2)c1. The molecule has 0 heterocycles. The molecule has 2 rings (SSSR count). The molecule has 1 atom stereocenters. The lowest BCUT2D eigenvalue weighted by Gasteiger charge is -2.33. The molecule has 0 bridgehead atoms. The molecule has 0 spiro atoms. The zero-order chi connectivity index (χ0) is 21.7. The van der Waals surface area contributed by atoms with Gasteiger partial charge >= 0.3 is 5.97 Å². The highest BCUT2D eigenvalue weighted by Crippen LogP contribution is 2.33. The highest BCUT2D eigenvalue weighted by molar-refractivity contribution is 5.92. The summed E-state index contributed by atoms with van der Waals surface area (Å²) in [6, 6.07) is 13.3. The third-order valence-electron chi connectivity index (χ3n) is 5.06. The number of esters is 1. The van der Waals surface area contributed by atoms with Crippen LogP contribution in [0.3, 0.4) is 0 Å². The molecule has 29 heavy (non-hydrogen) atoms. The van der Waals surface area contributed by atoms with E-state index in [2.05, 4.69) is 0 Å². The van der Waals surface area contributed by atoms with Crippen LogP contribution in [0.15, 0.2) is 42.5 Å². The average Bonchev–Trinajstić information content (AvgIpc) is 2.71. The molecule has 0 aliphatic rings. The van der Waals surface area contributed by atoms with Crippen LogP contribution in [0.2, 0.25) is 0 Å². The third kappa shape index (κ3) is 4.97. The number of nitrogens with zero attached hydrogens (tertiary/aromatic N) is 1. The Balaban J connectivity index is 2.46. The summed E-state index contributed by atoms with van der Waals surface area (Å²) in [5, 5.41) is 0. The molecule has 1 unspecified atom stereocenters. The van der Waals surface area contributed by atoms with E-state index in [1.54, 1.807) is 25.3 Å². The zero-order valence-electron chi connectivity index (χ0n) is 18.4. The van der Waals surface area contributed by atoms with Crippen LogP contribution < -0.4 is 4.74 Å². The second-order valence-electron chi connectivity index (χ2n) is 7.69. The Hall–Kier alpha value is -2.82. The number of hydrogen-bond donors (Lipinski definition) is 0. The van der Waals surface area contributed by atoms with Gasteiger partial charge in [0.2, 0.25) is 5.91 Å². The minimum absolute atomic E-state index is 0.0995. The predicted molar refractivity (Wildman–Crippen MR) is 115 cm³/mol. The fourth-order valence-corrected chi connectivity index (χ4v) is 3.63. The van der Waals surface area contributed by atoms with E-state index in [4.69, 9.17) is 9.47 Å². The molecule has 0 aromatic heterocycles. The normalized spacial score (nSPS) is 12.0. The fraction of sp³-hybridized carbons (Fsp3) is 0.417. The van der Waals surface area contributed by atoms with E-state index in [9.17, 15) is 9.59 Å². The quantitative estimate of drug-likeness (QED) is 0.624. The van der Waals surface area contributed by atoms with Gasteiger partial charge in [0.25, 0.3) is 0 Å². The number of benzene rings is 2. The van der Waals surface area contributed by atoms with Gasteiger partial charge in [-0.3, -0.25) is 4.79 Å². The van der Waals surface area contributed by atoms with Crippen LogP contribution in [0.1, 0.15) is 56.5 Å². The third-order valence-corrected chi connectivity index (χ3v) is 5.06. The van der Waals surface area contributed by atoms with Gasteiger partial charge in [-0.05, 0) is 63.9 Å². The van der Waals surface area contributed by atoms with Crippen LogP contribution in [0.25, 0.3) is 11.1 Å². The highest BCUT2D eigenvalue weighted by Gasteiger charge is 2.26. The molecule has 0 aliphatic heterocycles. The molecule has 0 saturated heterocycles. The Kier molecular flexibility index (Phi) is 7.43. The van der Waals surface area contributed by atoms with Crippen molar-refractivity contribution in [1.82, 2.24) is 4.90 Å². The summed E-state index contributed by atoms with van der Waals surface area (Å²) in [7, 11) is 2.95. The lowest BCUT2D eigenvalue weighted by atomic mass is 9.93. The van der Waals surface area contributed by atoms with Gasteiger partial charge < -0.3 is 14.4 Å². The van der Waals surface area contributed by atoms with E-state index in [0.717, 1.165) is 16.7 Å². The Morgan fingerprint density at radius 1 is 0.897 bits per heavy atom. The van der Waals surface area contributed by atoms with Gasteiger partial charge in [0, 0.05) is 17.6 Å². The van der Waals surface area contributed by atoms with Crippen LogP contribution in [0.4, 0.5) is 0 Å². The van der Waals surface area contributed by atoms with Crippen molar-refractivity contribution in [3.63, 3.8) is 0 Å². The molecule has 156 valence electrons. The molecule has 1 amide bonds. The first-order valence-corrected chi connectivity index (χ1v) is 9.90. The number of hydrogen-bond acceptors (Lipinski definition) is 4. The molecular weight excluding hydrogens is 366 g/mol. The largest absolute Gasteiger partial charge is 0.496 e. The Morgan fingerprint density at radius 3 is 2.10 bits per heavy atom. The van der Waals surface area contributed by atoms with Gasteiger partial charge in [-0.15, -0.1) is 0 Å². The second kappa shape index (κ2) is 9.59. The van der Waals surface area contributed by atoms with Gasteiger partial charge in [-0.25, -0.2) is 4.79 Å². The lowest BCUT2D eigenvalue weighted by molar-refractivity contribution is -0.136. The number of ether oxygens (including phenoxy) is 2.